The molecule has 3 rings (SSSR count). The average molecular weight is 476 g/mol. The van der Waals surface area contributed by atoms with E-state index in [2.05, 4.69) is 31.7 Å². The van der Waals surface area contributed by atoms with Crippen LogP contribution in [-0.4, -0.2) is 34.7 Å². The van der Waals surface area contributed by atoms with Gasteiger partial charge in [0.15, 0.2) is 0 Å². The fraction of sp³-hybridized carbons (Fsp3) is 0.190. The number of benzene rings is 2. The van der Waals surface area contributed by atoms with Crippen LogP contribution in [-0.2, 0) is 0 Å². The quantitative estimate of drug-likeness (QED) is 0.528. The molecule has 0 atom stereocenters. The number of amides is 2. The summed E-state index contributed by atoms with van der Waals surface area (Å²) in [7, 11) is 0. The van der Waals surface area contributed by atoms with Gasteiger partial charge in [-0.05, 0) is 66.2 Å². The molecule has 1 aromatic heterocycles. The number of hydrogen-bond donors (Lipinski definition) is 2. The molecule has 2 amide bonds. The number of halogens is 2. The highest BCUT2D eigenvalue weighted by Gasteiger charge is 2.12. The number of nitrogens with zero attached hydrogens (tertiary/aromatic N) is 2. The number of carbonyl (C=O) groups excluding carboxylic acids is 2. The Labute approximate surface area is 182 Å². The molecule has 8 heteroatoms. The standard InChI is InChI=1S/C21H20BrClN4O2/c1-13-19(22)14(2)27(26-13)16-9-7-15(8-10-16)20(28)24-11-12-25-21(29)17-5-3-4-6-18(17)23/h3-10H,11-12H2,1-2H3,(H,24,28)(H,25,29). The summed E-state index contributed by atoms with van der Waals surface area (Å²) in [6.07, 6.45) is 0. The lowest BCUT2D eigenvalue weighted by Gasteiger charge is -2.09. The lowest BCUT2D eigenvalue weighted by atomic mass is 10.2. The Morgan fingerprint density at radius 2 is 1.62 bits per heavy atom. The van der Waals surface area contributed by atoms with E-state index in [4.69, 9.17) is 11.6 Å². The highest BCUT2D eigenvalue weighted by Crippen LogP contribution is 2.23. The summed E-state index contributed by atoms with van der Waals surface area (Å²) in [5, 5.41) is 10.4. The van der Waals surface area contributed by atoms with Crippen LogP contribution in [0.5, 0.6) is 0 Å². The van der Waals surface area contributed by atoms with E-state index < -0.39 is 0 Å². The molecule has 29 heavy (non-hydrogen) atoms. The molecule has 0 bridgehead atoms. The van der Waals surface area contributed by atoms with Crippen molar-refractivity contribution in [1.82, 2.24) is 20.4 Å². The van der Waals surface area contributed by atoms with Crippen LogP contribution in [0.2, 0.25) is 5.02 Å². The van der Waals surface area contributed by atoms with Crippen LogP contribution in [0, 0.1) is 13.8 Å². The van der Waals surface area contributed by atoms with E-state index in [1.54, 1.807) is 36.4 Å². The van der Waals surface area contributed by atoms with Crippen LogP contribution in [0.4, 0.5) is 0 Å². The first-order chi connectivity index (χ1) is 13.9. The van der Waals surface area contributed by atoms with E-state index in [-0.39, 0.29) is 11.8 Å². The molecule has 0 aliphatic rings. The molecule has 0 saturated carbocycles. The second kappa shape index (κ2) is 9.24. The Morgan fingerprint density at radius 1 is 1.00 bits per heavy atom. The minimum atomic E-state index is -0.273. The van der Waals surface area contributed by atoms with Crippen LogP contribution in [0.1, 0.15) is 32.1 Å². The molecule has 0 aliphatic heterocycles. The number of aryl methyl sites for hydroxylation is 1. The van der Waals surface area contributed by atoms with Gasteiger partial charge in [0.2, 0.25) is 0 Å². The summed E-state index contributed by atoms with van der Waals surface area (Å²) in [4.78, 5) is 24.4. The maximum absolute atomic E-state index is 12.3. The first kappa shape index (κ1) is 21.1. The second-order valence-electron chi connectivity index (χ2n) is 6.44. The average Bonchev–Trinajstić information content (AvgIpc) is 2.98. The summed E-state index contributed by atoms with van der Waals surface area (Å²) in [5.74, 6) is -0.483. The molecule has 0 saturated heterocycles. The van der Waals surface area contributed by atoms with Gasteiger partial charge < -0.3 is 10.6 Å². The van der Waals surface area contributed by atoms with Gasteiger partial charge in [-0.1, -0.05) is 23.7 Å². The van der Waals surface area contributed by atoms with Crippen molar-refractivity contribution < 1.29 is 9.59 Å². The van der Waals surface area contributed by atoms with Gasteiger partial charge in [-0.2, -0.15) is 5.10 Å². The summed E-state index contributed by atoms with van der Waals surface area (Å²) in [5.41, 5.74) is 3.72. The van der Waals surface area contributed by atoms with Crippen LogP contribution >= 0.6 is 27.5 Å². The number of hydrogen-bond acceptors (Lipinski definition) is 3. The first-order valence-corrected chi connectivity index (χ1v) is 10.2. The Kier molecular flexibility index (Phi) is 6.71. The Bertz CT molecular complexity index is 1050. The molecule has 150 valence electrons. The predicted molar refractivity (Wildman–Crippen MR) is 117 cm³/mol. The van der Waals surface area contributed by atoms with Crippen molar-refractivity contribution in [2.24, 2.45) is 0 Å². The lowest BCUT2D eigenvalue weighted by molar-refractivity contribution is 0.0927. The molecular formula is C21H20BrClN4O2. The zero-order chi connectivity index (χ0) is 21.0. The van der Waals surface area contributed by atoms with Crippen molar-refractivity contribution in [3.05, 3.63) is 80.5 Å². The molecule has 0 radical (unpaired) electrons. The SMILES string of the molecule is Cc1nn(-c2ccc(C(=O)NCCNC(=O)c3ccccc3Cl)cc2)c(C)c1Br. The van der Waals surface area contributed by atoms with Gasteiger partial charge >= 0.3 is 0 Å². The van der Waals surface area contributed by atoms with Gasteiger partial charge in [0.05, 0.1) is 32.1 Å². The smallest absolute Gasteiger partial charge is 0.252 e. The van der Waals surface area contributed by atoms with E-state index >= 15 is 0 Å². The highest BCUT2D eigenvalue weighted by molar-refractivity contribution is 9.10. The summed E-state index contributed by atoms with van der Waals surface area (Å²) < 4.78 is 2.80. The molecule has 0 unspecified atom stereocenters. The van der Waals surface area contributed by atoms with Crippen molar-refractivity contribution in [2.75, 3.05) is 13.1 Å². The molecule has 2 aromatic carbocycles. The summed E-state index contributed by atoms with van der Waals surface area (Å²) in [6, 6.07) is 14.0. The Morgan fingerprint density at radius 3 is 2.21 bits per heavy atom. The fourth-order valence-corrected chi connectivity index (χ4v) is 3.29. The number of nitrogens with one attached hydrogen (secondary N) is 2. The monoisotopic (exact) mass is 474 g/mol. The van der Waals surface area contributed by atoms with Gasteiger partial charge in [0.25, 0.3) is 11.8 Å². The van der Waals surface area contributed by atoms with Gasteiger partial charge in [-0.25, -0.2) is 4.68 Å². The number of rotatable bonds is 6. The molecular weight excluding hydrogens is 456 g/mol. The van der Waals surface area contributed by atoms with Crippen molar-refractivity contribution in [3.63, 3.8) is 0 Å². The van der Waals surface area contributed by atoms with Crippen molar-refractivity contribution >= 4 is 39.3 Å². The van der Waals surface area contributed by atoms with Crippen molar-refractivity contribution in [1.29, 1.82) is 0 Å². The van der Waals surface area contributed by atoms with E-state index in [1.165, 1.54) is 0 Å². The van der Waals surface area contributed by atoms with Crippen LogP contribution in [0.3, 0.4) is 0 Å². The van der Waals surface area contributed by atoms with E-state index in [9.17, 15) is 9.59 Å². The third-order valence-corrected chi connectivity index (χ3v) is 5.87. The van der Waals surface area contributed by atoms with Crippen LogP contribution in [0.25, 0.3) is 5.69 Å². The molecule has 2 N–H and O–H groups in total. The Hall–Kier alpha value is -2.64. The molecule has 1 heterocycles. The fourth-order valence-electron chi connectivity index (χ4n) is 2.82. The zero-order valence-corrected chi connectivity index (χ0v) is 18.3. The predicted octanol–water partition coefficient (Wildman–Crippen LogP) is 4.06. The largest absolute Gasteiger partial charge is 0.350 e. The third kappa shape index (κ3) is 4.86. The molecule has 6 nitrogen and oxygen atoms in total. The number of carbonyl (C=O) groups is 2. The van der Waals surface area contributed by atoms with E-state index in [1.807, 2.05) is 30.7 Å². The molecule has 0 fully saturated rings. The van der Waals surface area contributed by atoms with E-state index in [0.29, 0.717) is 29.2 Å². The molecule has 3 aromatic rings. The molecule has 0 spiro atoms. The minimum absolute atomic E-state index is 0.210. The third-order valence-electron chi connectivity index (χ3n) is 4.39. The second-order valence-corrected chi connectivity index (χ2v) is 7.64. The summed E-state index contributed by atoms with van der Waals surface area (Å²) in [6.45, 7) is 4.51. The van der Waals surface area contributed by atoms with Gasteiger partial charge in [-0.15, -0.1) is 0 Å². The minimum Gasteiger partial charge on any atom is -0.350 e. The first-order valence-electron chi connectivity index (χ1n) is 9.01. The lowest BCUT2D eigenvalue weighted by Crippen LogP contribution is -2.34. The maximum Gasteiger partial charge on any atom is 0.252 e. The number of aromatic nitrogens is 2. The molecule has 0 aliphatic carbocycles. The van der Waals surface area contributed by atoms with Crippen LogP contribution < -0.4 is 10.6 Å². The van der Waals surface area contributed by atoms with E-state index in [0.717, 1.165) is 21.5 Å². The van der Waals surface area contributed by atoms with Gasteiger partial charge in [-0.3, -0.25) is 9.59 Å². The van der Waals surface area contributed by atoms with Gasteiger partial charge in [0.1, 0.15) is 0 Å². The summed E-state index contributed by atoms with van der Waals surface area (Å²) >= 11 is 9.51. The van der Waals surface area contributed by atoms with Crippen LogP contribution in [0.15, 0.2) is 53.0 Å². The van der Waals surface area contributed by atoms with Crippen molar-refractivity contribution in [2.45, 2.75) is 13.8 Å². The zero-order valence-electron chi connectivity index (χ0n) is 16.0. The van der Waals surface area contributed by atoms with Gasteiger partial charge in [0, 0.05) is 18.7 Å². The maximum atomic E-state index is 12.3. The normalized spacial score (nSPS) is 10.6. The van der Waals surface area contributed by atoms with Crippen molar-refractivity contribution in [3.8, 4) is 5.69 Å². The Balaban J connectivity index is 1.53. The highest BCUT2D eigenvalue weighted by atomic mass is 79.9. The topological polar surface area (TPSA) is 76.0 Å².